The van der Waals surface area contributed by atoms with Crippen LogP contribution in [0.2, 0.25) is 0 Å². The zero-order chi connectivity index (χ0) is 21.8. The van der Waals surface area contributed by atoms with E-state index in [9.17, 15) is 8.42 Å². The molecule has 1 heterocycles. The average Bonchev–Trinajstić information content (AvgIpc) is 3.24. The van der Waals surface area contributed by atoms with E-state index in [4.69, 9.17) is 9.15 Å². The van der Waals surface area contributed by atoms with Gasteiger partial charge in [0.1, 0.15) is 5.75 Å². The molecule has 0 aliphatic rings. The van der Waals surface area contributed by atoms with Gasteiger partial charge in [0, 0.05) is 16.6 Å². The van der Waals surface area contributed by atoms with Crippen LogP contribution in [0.15, 0.2) is 97.7 Å². The van der Waals surface area contributed by atoms with Gasteiger partial charge in [-0.3, -0.25) is 0 Å². The Labute approximate surface area is 189 Å². The Hall–Kier alpha value is -3.10. The van der Waals surface area contributed by atoms with Crippen LogP contribution in [0.1, 0.15) is 5.56 Å². The Morgan fingerprint density at radius 1 is 0.968 bits per heavy atom. The van der Waals surface area contributed by atoms with E-state index in [0.717, 1.165) is 10.0 Å². The van der Waals surface area contributed by atoms with Crippen molar-refractivity contribution in [3.63, 3.8) is 0 Å². The third-order valence-electron chi connectivity index (χ3n) is 4.61. The first-order valence-corrected chi connectivity index (χ1v) is 11.7. The van der Waals surface area contributed by atoms with Crippen molar-refractivity contribution in [1.29, 1.82) is 0 Å². The van der Waals surface area contributed by atoms with Crippen LogP contribution in [0.5, 0.6) is 5.75 Å². The molecule has 1 N–H and O–H groups in total. The number of benzene rings is 3. The maximum Gasteiger partial charge on any atom is 0.234 e. The number of nitrogens with one attached hydrogen (secondary N) is 1. The third kappa shape index (κ3) is 4.65. The minimum Gasteiger partial charge on any atom is -0.497 e. The van der Waals surface area contributed by atoms with E-state index in [-0.39, 0.29) is 21.7 Å². The predicted octanol–water partition coefficient (Wildman–Crippen LogP) is 5.56. The number of hydrogen-bond acceptors (Lipinski definition) is 6. The molecule has 0 fully saturated rings. The van der Waals surface area contributed by atoms with Gasteiger partial charge in [0.25, 0.3) is 0 Å². The molecule has 0 atom stereocenters. The summed E-state index contributed by atoms with van der Waals surface area (Å²) in [4.78, 5) is 4.48. The molecule has 0 bridgehead atoms. The number of oxazole rings is 1. The Bertz CT molecular complexity index is 1270. The molecule has 0 aliphatic carbocycles. The van der Waals surface area contributed by atoms with Crippen LogP contribution in [-0.2, 0) is 16.4 Å². The van der Waals surface area contributed by atoms with E-state index in [1.54, 1.807) is 43.5 Å². The first-order chi connectivity index (χ1) is 15.0. The van der Waals surface area contributed by atoms with Crippen LogP contribution >= 0.6 is 15.9 Å². The van der Waals surface area contributed by atoms with Gasteiger partial charge >= 0.3 is 0 Å². The molecule has 0 radical (unpaired) electrons. The number of nitrogens with zero attached hydrogens (tertiary/aromatic N) is 1. The summed E-state index contributed by atoms with van der Waals surface area (Å²) in [5.41, 5.74) is 1.62. The lowest BCUT2D eigenvalue weighted by Crippen LogP contribution is -2.07. The Kier molecular flexibility index (Phi) is 6.11. The van der Waals surface area contributed by atoms with Crippen molar-refractivity contribution in [3.05, 3.63) is 88.9 Å². The molecular formula is C23H19BrN2O4S. The summed E-state index contributed by atoms with van der Waals surface area (Å²) >= 11 is 3.33. The average molecular weight is 499 g/mol. The Balaban J connectivity index is 1.75. The lowest BCUT2D eigenvalue weighted by atomic mass is 10.2. The summed E-state index contributed by atoms with van der Waals surface area (Å²) in [7, 11) is -2.33. The molecule has 6 nitrogen and oxygen atoms in total. The summed E-state index contributed by atoms with van der Waals surface area (Å²) in [6.07, 6.45) is 0. The van der Waals surface area contributed by atoms with Crippen molar-refractivity contribution in [2.45, 2.75) is 16.5 Å². The highest BCUT2D eigenvalue weighted by Gasteiger charge is 2.28. The molecule has 0 spiro atoms. The van der Waals surface area contributed by atoms with E-state index in [2.05, 4.69) is 26.2 Å². The summed E-state index contributed by atoms with van der Waals surface area (Å²) in [6.45, 7) is 0.390. The van der Waals surface area contributed by atoms with Crippen molar-refractivity contribution in [3.8, 4) is 17.2 Å². The molecule has 0 saturated carbocycles. The minimum atomic E-state index is -3.90. The highest BCUT2D eigenvalue weighted by molar-refractivity contribution is 9.10. The number of anilines is 1. The van der Waals surface area contributed by atoms with E-state index in [0.29, 0.717) is 17.9 Å². The van der Waals surface area contributed by atoms with Crippen molar-refractivity contribution in [2.24, 2.45) is 0 Å². The van der Waals surface area contributed by atoms with Crippen molar-refractivity contribution >= 4 is 31.7 Å². The molecule has 0 aliphatic heterocycles. The lowest BCUT2D eigenvalue weighted by Gasteiger charge is -2.06. The maximum absolute atomic E-state index is 13.3. The number of hydrogen-bond donors (Lipinski definition) is 1. The third-order valence-corrected chi connectivity index (χ3v) is 6.81. The van der Waals surface area contributed by atoms with Crippen LogP contribution in [-0.4, -0.2) is 20.5 Å². The standard InChI is InChI=1S/C23H19BrN2O4S/c1-29-19-11-7-17(8-12-19)21-26-23(31(27,28)20-13-9-18(24)10-14-20)22(30-21)25-15-16-5-3-2-4-6-16/h2-14,25H,15H2,1H3. The van der Waals surface area contributed by atoms with Crippen molar-refractivity contribution < 1.29 is 17.6 Å². The zero-order valence-corrected chi connectivity index (χ0v) is 19.0. The normalized spacial score (nSPS) is 11.3. The monoisotopic (exact) mass is 498 g/mol. The van der Waals surface area contributed by atoms with Crippen LogP contribution in [0, 0.1) is 0 Å². The number of sulfone groups is 1. The molecule has 1 aromatic heterocycles. The number of ether oxygens (including phenoxy) is 1. The summed E-state index contributed by atoms with van der Waals surface area (Å²) < 4.78 is 38.5. The molecule has 3 aromatic carbocycles. The topological polar surface area (TPSA) is 81.4 Å². The quantitative estimate of drug-likeness (QED) is 0.359. The second-order valence-corrected chi connectivity index (χ2v) is 9.46. The molecule has 8 heteroatoms. The fourth-order valence-corrected chi connectivity index (χ4v) is 4.50. The molecular weight excluding hydrogens is 480 g/mol. The lowest BCUT2D eigenvalue weighted by molar-refractivity contribution is 0.415. The first kappa shape index (κ1) is 21.1. The van der Waals surface area contributed by atoms with Gasteiger partial charge in [0.2, 0.25) is 26.6 Å². The van der Waals surface area contributed by atoms with E-state index in [1.807, 2.05) is 30.3 Å². The highest BCUT2D eigenvalue weighted by Crippen LogP contribution is 2.33. The first-order valence-electron chi connectivity index (χ1n) is 9.41. The van der Waals surface area contributed by atoms with Gasteiger partial charge in [-0.25, -0.2) is 8.42 Å². The van der Waals surface area contributed by atoms with Gasteiger partial charge in [0.15, 0.2) is 0 Å². The second kappa shape index (κ2) is 8.95. The fraction of sp³-hybridized carbons (Fsp3) is 0.0870. The summed E-state index contributed by atoms with van der Waals surface area (Å²) in [5, 5.41) is 2.93. The van der Waals surface area contributed by atoms with E-state index >= 15 is 0 Å². The van der Waals surface area contributed by atoms with Crippen molar-refractivity contribution in [1.82, 2.24) is 4.98 Å². The molecule has 31 heavy (non-hydrogen) atoms. The van der Waals surface area contributed by atoms with Crippen LogP contribution in [0.25, 0.3) is 11.5 Å². The van der Waals surface area contributed by atoms with Gasteiger partial charge in [-0.15, -0.1) is 0 Å². The smallest absolute Gasteiger partial charge is 0.234 e. The largest absolute Gasteiger partial charge is 0.497 e. The van der Waals surface area contributed by atoms with Gasteiger partial charge in [-0.1, -0.05) is 46.3 Å². The number of rotatable bonds is 7. The predicted molar refractivity (Wildman–Crippen MR) is 122 cm³/mol. The number of aromatic nitrogens is 1. The van der Waals surface area contributed by atoms with Gasteiger partial charge < -0.3 is 14.5 Å². The van der Waals surface area contributed by atoms with Crippen LogP contribution in [0.4, 0.5) is 5.88 Å². The molecule has 4 aromatic rings. The highest BCUT2D eigenvalue weighted by atomic mass is 79.9. The second-order valence-electron chi connectivity index (χ2n) is 6.68. The molecule has 0 saturated heterocycles. The Morgan fingerprint density at radius 3 is 2.29 bits per heavy atom. The van der Waals surface area contributed by atoms with Crippen LogP contribution in [0.3, 0.4) is 0 Å². The Morgan fingerprint density at radius 2 is 1.65 bits per heavy atom. The van der Waals surface area contributed by atoms with Gasteiger partial charge in [-0.2, -0.15) is 4.98 Å². The summed E-state index contributed by atoms with van der Waals surface area (Å²) in [6, 6.07) is 23.1. The summed E-state index contributed by atoms with van der Waals surface area (Å²) in [5.74, 6) is 0.979. The SMILES string of the molecule is COc1ccc(-c2nc(S(=O)(=O)c3ccc(Br)cc3)c(NCc3ccccc3)o2)cc1. The number of methoxy groups -OCH3 is 1. The molecule has 4 rings (SSSR count). The maximum atomic E-state index is 13.3. The van der Waals surface area contributed by atoms with Gasteiger partial charge in [0.05, 0.1) is 12.0 Å². The zero-order valence-electron chi connectivity index (χ0n) is 16.6. The van der Waals surface area contributed by atoms with E-state index < -0.39 is 9.84 Å². The van der Waals surface area contributed by atoms with Crippen molar-refractivity contribution in [2.75, 3.05) is 12.4 Å². The fourth-order valence-electron chi connectivity index (χ4n) is 2.96. The van der Waals surface area contributed by atoms with Crippen LogP contribution < -0.4 is 10.1 Å². The number of halogens is 1. The molecule has 0 amide bonds. The molecule has 158 valence electrons. The van der Waals surface area contributed by atoms with Gasteiger partial charge in [-0.05, 0) is 54.1 Å². The van der Waals surface area contributed by atoms with E-state index in [1.165, 1.54) is 12.1 Å². The molecule has 0 unspecified atom stereocenters. The minimum absolute atomic E-state index is 0.0950.